The van der Waals surface area contributed by atoms with Gasteiger partial charge in [0.15, 0.2) is 0 Å². The van der Waals surface area contributed by atoms with E-state index >= 15 is 0 Å². The lowest BCUT2D eigenvalue weighted by molar-refractivity contribution is -0.127. The summed E-state index contributed by atoms with van der Waals surface area (Å²) in [7, 11) is 0. The fraction of sp³-hybridized carbons (Fsp3) is 0.150. The van der Waals surface area contributed by atoms with E-state index in [9.17, 15) is 19.5 Å². The van der Waals surface area contributed by atoms with Gasteiger partial charge in [-0.3, -0.25) is 9.59 Å². The number of imide groups is 1. The third-order valence-corrected chi connectivity index (χ3v) is 4.47. The molecule has 144 valence electrons. The average molecular weight is 400 g/mol. The summed E-state index contributed by atoms with van der Waals surface area (Å²) >= 11 is 5.80. The van der Waals surface area contributed by atoms with Crippen LogP contribution in [0, 0.1) is 13.8 Å². The van der Waals surface area contributed by atoms with Gasteiger partial charge < -0.3 is 15.7 Å². The highest BCUT2D eigenvalue weighted by Gasteiger charge is 2.34. The summed E-state index contributed by atoms with van der Waals surface area (Å²) in [6.45, 7) is 3.07. The lowest BCUT2D eigenvalue weighted by Gasteiger charge is -2.12. The number of aryl methyl sites for hydroxylation is 2. The number of rotatable bonds is 4. The van der Waals surface area contributed by atoms with Crippen molar-refractivity contribution >= 4 is 41.2 Å². The van der Waals surface area contributed by atoms with E-state index in [1.807, 2.05) is 0 Å². The molecule has 28 heavy (non-hydrogen) atoms. The second kappa shape index (κ2) is 7.74. The Morgan fingerprint density at radius 3 is 2.39 bits per heavy atom. The number of carbonyl (C=O) groups excluding carboxylic acids is 3. The fourth-order valence-corrected chi connectivity index (χ4v) is 2.96. The van der Waals surface area contributed by atoms with Crippen LogP contribution in [0.15, 0.2) is 42.1 Å². The van der Waals surface area contributed by atoms with Crippen LogP contribution in [0.2, 0.25) is 5.02 Å². The first kappa shape index (κ1) is 19.4. The molecule has 8 heteroatoms. The van der Waals surface area contributed by atoms with E-state index in [0.717, 1.165) is 4.90 Å². The molecule has 4 amide bonds. The van der Waals surface area contributed by atoms with Gasteiger partial charge in [-0.25, -0.2) is 9.69 Å². The third kappa shape index (κ3) is 4.15. The lowest BCUT2D eigenvalue weighted by Crippen LogP contribution is -2.38. The van der Waals surface area contributed by atoms with Crippen LogP contribution < -0.4 is 10.6 Å². The van der Waals surface area contributed by atoms with Crippen molar-refractivity contribution in [3.63, 3.8) is 0 Å². The molecule has 1 heterocycles. The zero-order valence-corrected chi connectivity index (χ0v) is 16.0. The SMILES string of the molecule is Cc1cc(/C=C2\NC(=O)N(CC(=O)Nc3ccc(Cl)cc3)C2=O)cc(C)c1O. The summed E-state index contributed by atoms with van der Waals surface area (Å²) in [4.78, 5) is 37.6. The van der Waals surface area contributed by atoms with Gasteiger partial charge >= 0.3 is 6.03 Å². The number of benzene rings is 2. The molecule has 0 spiro atoms. The van der Waals surface area contributed by atoms with Crippen LogP contribution in [0.1, 0.15) is 16.7 Å². The number of urea groups is 1. The van der Waals surface area contributed by atoms with Crippen LogP contribution >= 0.6 is 11.6 Å². The van der Waals surface area contributed by atoms with Crippen molar-refractivity contribution in [1.29, 1.82) is 0 Å². The molecule has 0 saturated carbocycles. The molecular formula is C20H18ClN3O4. The number of hydrogen-bond acceptors (Lipinski definition) is 4. The normalized spacial score (nSPS) is 15.1. The number of phenolic OH excluding ortho intramolecular Hbond substituents is 1. The zero-order chi connectivity index (χ0) is 20.4. The van der Waals surface area contributed by atoms with Gasteiger partial charge in [0, 0.05) is 10.7 Å². The predicted octanol–water partition coefficient (Wildman–Crippen LogP) is 3.19. The summed E-state index contributed by atoms with van der Waals surface area (Å²) in [5.74, 6) is -0.924. The molecule has 0 atom stereocenters. The number of anilines is 1. The van der Waals surface area contributed by atoms with Crippen LogP contribution in [0.4, 0.5) is 10.5 Å². The van der Waals surface area contributed by atoms with Crippen molar-refractivity contribution in [2.24, 2.45) is 0 Å². The maximum atomic E-state index is 12.5. The molecule has 2 aromatic carbocycles. The summed E-state index contributed by atoms with van der Waals surface area (Å²) < 4.78 is 0. The predicted molar refractivity (Wildman–Crippen MR) is 106 cm³/mol. The minimum atomic E-state index is -0.672. The Morgan fingerprint density at radius 1 is 1.18 bits per heavy atom. The first-order valence-electron chi connectivity index (χ1n) is 8.45. The topological polar surface area (TPSA) is 98.7 Å². The van der Waals surface area contributed by atoms with Gasteiger partial charge in [-0.05, 0) is 73.0 Å². The number of amides is 4. The Morgan fingerprint density at radius 2 is 1.79 bits per heavy atom. The molecule has 2 aromatic rings. The molecule has 0 aliphatic carbocycles. The molecule has 7 nitrogen and oxygen atoms in total. The molecule has 1 aliphatic heterocycles. The quantitative estimate of drug-likeness (QED) is 0.543. The molecule has 3 rings (SSSR count). The lowest BCUT2D eigenvalue weighted by atomic mass is 10.0. The minimum Gasteiger partial charge on any atom is -0.507 e. The minimum absolute atomic E-state index is 0.0637. The highest BCUT2D eigenvalue weighted by Crippen LogP contribution is 2.25. The monoisotopic (exact) mass is 399 g/mol. The van der Waals surface area contributed by atoms with E-state index in [2.05, 4.69) is 10.6 Å². The van der Waals surface area contributed by atoms with Crippen molar-refractivity contribution in [3.05, 3.63) is 63.8 Å². The maximum absolute atomic E-state index is 12.5. The number of carbonyl (C=O) groups is 3. The van der Waals surface area contributed by atoms with E-state index in [1.165, 1.54) is 6.08 Å². The number of halogens is 1. The molecule has 0 bridgehead atoms. The van der Waals surface area contributed by atoms with E-state index in [0.29, 0.717) is 27.4 Å². The summed E-state index contributed by atoms with van der Waals surface area (Å²) in [6.07, 6.45) is 1.51. The summed E-state index contributed by atoms with van der Waals surface area (Å²) in [6, 6.07) is 9.20. The Balaban J connectivity index is 1.72. The second-order valence-corrected chi connectivity index (χ2v) is 6.87. The van der Waals surface area contributed by atoms with E-state index in [-0.39, 0.29) is 11.4 Å². The average Bonchev–Trinajstić information content (AvgIpc) is 2.89. The number of aromatic hydroxyl groups is 1. The Kier molecular flexibility index (Phi) is 5.37. The van der Waals surface area contributed by atoms with Crippen molar-refractivity contribution in [3.8, 4) is 5.75 Å². The highest BCUT2D eigenvalue weighted by molar-refractivity contribution is 6.30. The molecule has 0 radical (unpaired) electrons. The van der Waals surface area contributed by atoms with Crippen molar-refractivity contribution in [2.75, 3.05) is 11.9 Å². The number of hydrogen-bond donors (Lipinski definition) is 3. The van der Waals surface area contributed by atoms with Crippen molar-refractivity contribution in [1.82, 2.24) is 10.2 Å². The third-order valence-electron chi connectivity index (χ3n) is 4.22. The second-order valence-electron chi connectivity index (χ2n) is 6.44. The molecule has 1 fully saturated rings. The van der Waals surface area contributed by atoms with Gasteiger partial charge in [-0.15, -0.1) is 0 Å². The number of phenols is 1. The van der Waals surface area contributed by atoms with Gasteiger partial charge in [-0.2, -0.15) is 0 Å². The number of nitrogens with one attached hydrogen (secondary N) is 2. The Labute approximate surface area is 166 Å². The van der Waals surface area contributed by atoms with Gasteiger partial charge in [0.25, 0.3) is 5.91 Å². The van der Waals surface area contributed by atoms with Crippen molar-refractivity contribution < 1.29 is 19.5 Å². The maximum Gasteiger partial charge on any atom is 0.329 e. The van der Waals surface area contributed by atoms with Crippen LogP contribution in [0.5, 0.6) is 5.75 Å². The summed E-state index contributed by atoms with van der Waals surface area (Å²) in [5, 5.41) is 15.5. The largest absolute Gasteiger partial charge is 0.507 e. The highest BCUT2D eigenvalue weighted by atomic mass is 35.5. The number of nitrogens with zero attached hydrogens (tertiary/aromatic N) is 1. The van der Waals surface area contributed by atoms with Crippen LogP contribution in [-0.2, 0) is 9.59 Å². The van der Waals surface area contributed by atoms with Gasteiger partial charge in [0.05, 0.1) is 0 Å². The smallest absolute Gasteiger partial charge is 0.329 e. The zero-order valence-electron chi connectivity index (χ0n) is 15.2. The van der Waals surface area contributed by atoms with Crippen LogP contribution in [-0.4, -0.2) is 34.4 Å². The first-order chi connectivity index (χ1) is 13.2. The van der Waals surface area contributed by atoms with E-state index in [1.54, 1.807) is 50.2 Å². The Hall–Kier alpha value is -3.32. The van der Waals surface area contributed by atoms with Crippen molar-refractivity contribution in [2.45, 2.75) is 13.8 Å². The molecule has 0 aromatic heterocycles. The fourth-order valence-electron chi connectivity index (χ4n) is 2.83. The standard InChI is InChI=1S/C20H18ClN3O4/c1-11-7-13(8-12(2)18(11)26)9-16-19(27)24(20(28)23-16)10-17(25)22-15-5-3-14(21)4-6-15/h3-9,26H,10H2,1-2H3,(H,22,25)(H,23,28)/b16-9-. The van der Waals surface area contributed by atoms with Gasteiger partial charge in [0.1, 0.15) is 18.0 Å². The molecular weight excluding hydrogens is 382 g/mol. The molecule has 1 saturated heterocycles. The first-order valence-corrected chi connectivity index (χ1v) is 8.82. The summed E-state index contributed by atoms with van der Waals surface area (Å²) in [5.41, 5.74) is 2.54. The Bertz CT molecular complexity index is 976. The van der Waals surface area contributed by atoms with Gasteiger partial charge in [-0.1, -0.05) is 11.6 Å². The van der Waals surface area contributed by atoms with E-state index < -0.39 is 24.4 Å². The van der Waals surface area contributed by atoms with E-state index in [4.69, 9.17) is 11.6 Å². The van der Waals surface area contributed by atoms with Gasteiger partial charge in [0.2, 0.25) is 5.91 Å². The van der Waals surface area contributed by atoms with Crippen LogP contribution in [0.25, 0.3) is 6.08 Å². The molecule has 0 unspecified atom stereocenters. The molecule has 1 aliphatic rings. The molecule has 3 N–H and O–H groups in total. The van der Waals surface area contributed by atoms with Crippen LogP contribution in [0.3, 0.4) is 0 Å².